The van der Waals surface area contributed by atoms with E-state index in [4.69, 9.17) is 9.15 Å². The zero-order chi connectivity index (χ0) is 22.1. The van der Waals surface area contributed by atoms with Crippen LogP contribution in [0.4, 0.5) is 5.69 Å². The first-order valence-corrected chi connectivity index (χ1v) is 10.6. The van der Waals surface area contributed by atoms with E-state index in [1.165, 1.54) is 47.0 Å². The summed E-state index contributed by atoms with van der Waals surface area (Å²) in [5, 5.41) is 4.76. The Morgan fingerprint density at radius 1 is 1.10 bits per heavy atom. The molecular formula is C19H23N3O7S. The van der Waals surface area contributed by atoms with Gasteiger partial charge in [0.25, 0.3) is 11.8 Å². The number of amides is 2. The van der Waals surface area contributed by atoms with Gasteiger partial charge in [0.05, 0.1) is 11.2 Å². The molecule has 0 atom stereocenters. The van der Waals surface area contributed by atoms with E-state index in [2.05, 4.69) is 10.6 Å². The second-order valence-corrected chi connectivity index (χ2v) is 7.92. The number of esters is 1. The van der Waals surface area contributed by atoms with Gasteiger partial charge in [-0.2, -0.15) is 4.31 Å². The molecule has 0 bridgehead atoms. The molecule has 0 saturated carbocycles. The fourth-order valence-corrected chi connectivity index (χ4v) is 3.99. The van der Waals surface area contributed by atoms with Gasteiger partial charge in [-0.05, 0) is 30.3 Å². The van der Waals surface area contributed by atoms with Crippen LogP contribution in [0.1, 0.15) is 24.4 Å². The first-order valence-electron chi connectivity index (χ1n) is 9.15. The highest BCUT2D eigenvalue weighted by molar-refractivity contribution is 7.89. The molecule has 0 spiro atoms. The Bertz CT molecular complexity index is 983. The van der Waals surface area contributed by atoms with Crippen LogP contribution in [0.3, 0.4) is 0 Å². The number of hydrogen-bond acceptors (Lipinski definition) is 7. The van der Waals surface area contributed by atoms with Crippen LogP contribution in [0.25, 0.3) is 0 Å². The van der Waals surface area contributed by atoms with Crippen LogP contribution < -0.4 is 10.6 Å². The van der Waals surface area contributed by atoms with E-state index in [1.54, 1.807) is 13.8 Å². The molecule has 2 aromatic rings. The molecule has 2 rings (SSSR count). The minimum Gasteiger partial charge on any atom is -0.459 e. The van der Waals surface area contributed by atoms with Crippen LogP contribution >= 0.6 is 0 Å². The molecule has 10 nitrogen and oxygen atoms in total. The van der Waals surface area contributed by atoms with E-state index in [0.717, 1.165) is 0 Å². The molecule has 30 heavy (non-hydrogen) atoms. The maximum Gasteiger partial charge on any atom is 0.325 e. The molecule has 2 amide bonds. The van der Waals surface area contributed by atoms with Gasteiger partial charge in [0.15, 0.2) is 12.4 Å². The summed E-state index contributed by atoms with van der Waals surface area (Å²) in [7, 11) is -3.67. The van der Waals surface area contributed by atoms with Crippen LogP contribution in [-0.4, -0.2) is 56.7 Å². The quantitative estimate of drug-likeness (QED) is 0.534. The lowest BCUT2D eigenvalue weighted by molar-refractivity contribution is -0.146. The van der Waals surface area contributed by atoms with Crippen LogP contribution in [-0.2, 0) is 24.3 Å². The number of benzene rings is 1. The second kappa shape index (κ2) is 10.6. The Balaban J connectivity index is 1.86. The highest BCUT2D eigenvalue weighted by atomic mass is 32.2. The standard InChI is InChI=1S/C19H23N3O7S/c1-3-22(4-2)30(26,27)15-8-5-7-14(11-15)21-17(23)13-29-18(24)12-20-19(25)16-9-6-10-28-16/h5-11H,3-4,12-13H2,1-2H3,(H,20,25)(H,21,23). The molecule has 0 aliphatic heterocycles. The predicted octanol–water partition coefficient (Wildman–Crippen LogP) is 1.22. The van der Waals surface area contributed by atoms with Crippen molar-refractivity contribution in [2.45, 2.75) is 18.7 Å². The molecule has 2 N–H and O–H groups in total. The number of nitrogens with one attached hydrogen (secondary N) is 2. The molecule has 1 aromatic heterocycles. The van der Waals surface area contributed by atoms with E-state index in [-0.39, 0.29) is 16.3 Å². The van der Waals surface area contributed by atoms with Crippen molar-refractivity contribution in [2.75, 3.05) is 31.6 Å². The molecule has 11 heteroatoms. The molecule has 0 unspecified atom stereocenters. The fraction of sp³-hybridized carbons (Fsp3) is 0.316. The summed E-state index contributed by atoms with van der Waals surface area (Å²) in [6, 6.07) is 8.75. The number of nitrogens with zero attached hydrogens (tertiary/aromatic N) is 1. The predicted molar refractivity (Wildman–Crippen MR) is 107 cm³/mol. The van der Waals surface area contributed by atoms with E-state index >= 15 is 0 Å². The summed E-state index contributed by atoms with van der Waals surface area (Å²) in [4.78, 5) is 35.4. The summed E-state index contributed by atoms with van der Waals surface area (Å²) in [5.41, 5.74) is 0.246. The van der Waals surface area contributed by atoms with Crippen molar-refractivity contribution in [1.29, 1.82) is 0 Å². The Morgan fingerprint density at radius 3 is 2.47 bits per heavy atom. The summed E-state index contributed by atoms with van der Waals surface area (Å²) < 4.78 is 36.1. The molecule has 0 fully saturated rings. The SMILES string of the molecule is CCN(CC)S(=O)(=O)c1cccc(NC(=O)COC(=O)CNC(=O)c2ccco2)c1. The molecule has 0 saturated heterocycles. The van der Waals surface area contributed by atoms with Gasteiger partial charge in [0.2, 0.25) is 10.0 Å². The number of carbonyl (C=O) groups is 3. The molecule has 0 aliphatic carbocycles. The third-order valence-corrected chi connectivity index (χ3v) is 6.01. The average Bonchev–Trinajstić information content (AvgIpc) is 3.26. The van der Waals surface area contributed by atoms with E-state index < -0.39 is 41.0 Å². The summed E-state index contributed by atoms with van der Waals surface area (Å²) in [6.45, 7) is 3.08. The zero-order valence-electron chi connectivity index (χ0n) is 16.6. The first kappa shape index (κ1) is 23.1. The Morgan fingerprint density at radius 2 is 1.83 bits per heavy atom. The van der Waals surface area contributed by atoms with Crippen molar-refractivity contribution in [3.63, 3.8) is 0 Å². The third-order valence-electron chi connectivity index (χ3n) is 3.96. The van der Waals surface area contributed by atoms with Gasteiger partial charge >= 0.3 is 5.97 Å². The molecule has 0 aliphatic rings. The van der Waals surface area contributed by atoms with Gasteiger partial charge in [-0.15, -0.1) is 0 Å². The normalized spacial score (nSPS) is 11.2. The number of furan rings is 1. The van der Waals surface area contributed by atoms with Crippen molar-refractivity contribution >= 4 is 33.5 Å². The fourth-order valence-electron chi connectivity index (χ4n) is 2.49. The highest BCUT2D eigenvalue weighted by Gasteiger charge is 2.22. The third kappa shape index (κ3) is 6.16. The molecule has 0 radical (unpaired) electrons. The van der Waals surface area contributed by atoms with Gasteiger partial charge in [0, 0.05) is 18.8 Å². The Kier molecular flexibility index (Phi) is 8.13. The summed E-state index contributed by atoms with van der Waals surface area (Å²) in [6.07, 6.45) is 1.32. The van der Waals surface area contributed by atoms with Gasteiger partial charge in [-0.3, -0.25) is 14.4 Å². The maximum atomic E-state index is 12.6. The van der Waals surface area contributed by atoms with Crippen LogP contribution in [0, 0.1) is 0 Å². The van der Waals surface area contributed by atoms with Gasteiger partial charge in [-0.1, -0.05) is 19.9 Å². The van der Waals surface area contributed by atoms with E-state index in [0.29, 0.717) is 13.1 Å². The minimum absolute atomic E-state index is 0.0417. The highest BCUT2D eigenvalue weighted by Crippen LogP contribution is 2.19. The number of rotatable bonds is 10. The van der Waals surface area contributed by atoms with Crippen molar-refractivity contribution in [1.82, 2.24) is 9.62 Å². The van der Waals surface area contributed by atoms with Crippen molar-refractivity contribution in [3.05, 3.63) is 48.4 Å². The number of anilines is 1. The lowest BCUT2D eigenvalue weighted by Crippen LogP contribution is -2.32. The number of hydrogen-bond donors (Lipinski definition) is 2. The van der Waals surface area contributed by atoms with Gasteiger partial charge in [-0.25, -0.2) is 8.42 Å². The monoisotopic (exact) mass is 437 g/mol. The molecular weight excluding hydrogens is 414 g/mol. The minimum atomic E-state index is -3.67. The lowest BCUT2D eigenvalue weighted by Gasteiger charge is -2.18. The van der Waals surface area contributed by atoms with Crippen LogP contribution in [0.2, 0.25) is 0 Å². The average molecular weight is 437 g/mol. The smallest absolute Gasteiger partial charge is 0.325 e. The van der Waals surface area contributed by atoms with Crippen molar-refractivity contribution < 1.29 is 32.0 Å². The first-order chi connectivity index (χ1) is 14.3. The Labute approximate surface area is 174 Å². The van der Waals surface area contributed by atoms with Crippen molar-refractivity contribution in [2.24, 2.45) is 0 Å². The number of sulfonamides is 1. The molecule has 1 aromatic carbocycles. The Hall–Kier alpha value is -3.18. The van der Waals surface area contributed by atoms with Crippen molar-refractivity contribution in [3.8, 4) is 0 Å². The second-order valence-electron chi connectivity index (χ2n) is 5.99. The van der Waals surface area contributed by atoms with Gasteiger partial charge < -0.3 is 19.8 Å². The van der Waals surface area contributed by atoms with Crippen LogP contribution in [0.15, 0.2) is 52.0 Å². The lowest BCUT2D eigenvalue weighted by atomic mass is 10.3. The number of ether oxygens (including phenoxy) is 1. The van der Waals surface area contributed by atoms with E-state index in [9.17, 15) is 22.8 Å². The summed E-state index contributed by atoms with van der Waals surface area (Å²) >= 11 is 0. The van der Waals surface area contributed by atoms with Crippen LogP contribution in [0.5, 0.6) is 0 Å². The molecule has 1 heterocycles. The largest absolute Gasteiger partial charge is 0.459 e. The molecule has 162 valence electrons. The topological polar surface area (TPSA) is 135 Å². The number of carbonyl (C=O) groups excluding carboxylic acids is 3. The van der Waals surface area contributed by atoms with E-state index in [1.807, 2.05) is 0 Å². The maximum absolute atomic E-state index is 12.6. The summed E-state index contributed by atoms with van der Waals surface area (Å²) in [5.74, 6) is -2.02. The zero-order valence-corrected chi connectivity index (χ0v) is 17.4. The van der Waals surface area contributed by atoms with Gasteiger partial charge in [0.1, 0.15) is 6.54 Å².